The van der Waals surface area contributed by atoms with E-state index >= 15 is 0 Å². The number of benzene rings is 1. The van der Waals surface area contributed by atoms with Crippen molar-refractivity contribution in [3.63, 3.8) is 0 Å². The first-order chi connectivity index (χ1) is 9.93. The monoisotopic (exact) mass is 290 g/mol. The van der Waals surface area contributed by atoms with Crippen molar-refractivity contribution < 1.29 is 19.8 Å². The summed E-state index contributed by atoms with van der Waals surface area (Å²) < 4.78 is 0. The lowest BCUT2D eigenvalue weighted by atomic mass is 9.78. The molecule has 1 aromatic rings. The molecule has 2 N–H and O–H groups in total. The highest BCUT2D eigenvalue weighted by molar-refractivity contribution is 5.86. The molecule has 4 heteroatoms. The molecule has 1 saturated carbocycles. The third-order valence-corrected chi connectivity index (χ3v) is 4.60. The van der Waals surface area contributed by atoms with Crippen molar-refractivity contribution in [1.82, 2.24) is 0 Å². The summed E-state index contributed by atoms with van der Waals surface area (Å²) in [7, 11) is 0. The van der Waals surface area contributed by atoms with Gasteiger partial charge in [-0.15, -0.1) is 0 Å². The average molecular weight is 290 g/mol. The second kappa shape index (κ2) is 6.29. The van der Waals surface area contributed by atoms with Gasteiger partial charge in [-0.25, -0.2) is 0 Å². The largest absolute Gasteiger partial charge is 0.481 e. The standard InChI is InChI=1S/C17H22O4/c1-17(16(20)21,11-15(18)19)14-9-7-13(8-10-14)12-5-3-2-4-6-12/h7-10,12H,2-6,11H2,1H3,(H,18,19)(H,20,21). The molecule has 0 spiro atoms. The minimum Gasteiger partial charge on any atom is -0.481 e. The fourth-order valence-corrected chi connectivity index (χ4v) is 3.16. The molecule has 0 radical (unpaired) electrons. The minimum absolute atomic E-state index is 0.412. The van der Waals surface area contributed by atoms with Crippen molar-refractivity contribution in [2.24, 2.45) is 0 Å². The molecule has 0 amide bonds. The Kier molecular flexibility index (Phi) is 4.66. The zero-order valence-electron chi connectivity index (χ0n) is 12.3. The normalized spacial score (nSPS) is 18.9. The van der Waals surface area contributed by atoms with Crippen molar-refractivity contribution in [2.75, 3.05) is 0 Å². The number of hydrogen-bond acceptors (Lipinski definition) is 2. The first-order valence-corrected chi connectivity index (χ1v) is 7.49. The number of carboxylic acids is 2. The van der Waals surface area contributed by atoms with E-state index in [9.17, 15) is 14.7 Å². The number of aliphatic carboxylic acids is 2. The molecule has 1 aromatic carbocycles. The van der Waals surface area contributed by atoms with Gasteiger partial charge in [0.2, 0.25) is 0 Å². The third-order valence-electron chi connectivity index (χ3n) is 4.60. The van der Waals surface area contributed by atoms with E-state index in [1.54, 1.807) is 12.1 Å². The van der Waals surface area contributed by atoms with Crippen LogP contribution in [0.15, 0.2) is 24.3 Å². The molecule has 114 valence electrons. The maximum Gasteiger partial charge on any atom is 0.314 e. The minimum atomic E-state index is -1.38. The maximum atomic E-state index is 11.5. The van der Waals surface area contributed by atoms with Crippen LogP contribution < -0.4 is 0 Å². The van der Waals surface area contributed by atoms with Crippen molar-refractivity contribution in [1.29, 1.82) is 0 Å². The van der Waals surface area contributed by atoms with Gasteiger partial charge in [0.15, 0.2) is 0 Å². The second-order valence-electron chi connectivity index (χ2n) is 6.16. The van der Waals surface area contributed by atoms with E-state index in [-0.39, 0.29) is 0 Å². The lowest BCUT2D eigenvalue weighted by molar-refractivity contribution is -0.149. The van der Waals surface area contributed by atoms with Gasteiger partial charge in [0.05, 0.1) is 6.42 Å². The summed E-state index contributed by atoms with van der Waals surface area (Å²) in [5.74, 6) is -1.64. The molecule has 0 bridgehead atoms. The Morgan fingerprint density at radius 2 is 1.67 bits per heavy atom. The van der Waals surface area contributed by atoms with Gasteiger partial charge in [-0.2, -0.15) is 0 Å². The summed E-state index contributed by atoms with van der Waals surface area (Å²) in [4.78, 5) is 22.4. The quantitative estimate of drug-likeness (QED) is 0.869. The van der Waals surface area contributed by atoms with E-state index in [0.29, 0.717) is 11.5 Å². The van der Waals surface area contributed by atoms with Crippen molar-refractivity contribution in [2.45, 2.75) is 56.8 Å². The number of carboxylic acid groups (broad SMARTS) is 2. The Morgan fingerprint density at radius 1 is 1.10 bits per heavy atom. The van der Waals surface area contributed by atoms with E-state index in [1.807, 2.05) is 12.1 Å². The zero-order valence-corrected chi connectivity index (χ0v) is 12.3. The van der Waals surface area contributed by atoms with Crippen molar-refractivity contribution in [3.8, 4) is 0 Å². The molecule has 2 rings (SSSR count). The Hall–Kier alpha value is -1.84. The summed E-state index contributed by atoms with van der Waals surface area (Å²) in [6, 6.07) is 7.49. The Labute approximate surface area is 124 Å². The lowest BCUT2D eigenvalue weighted by Crippen LogP contribution is -2.35. The molecule has 1 fully saturated rings. The highest BCUT2D eigenvalue weighted by Gasteiger charge is 2.37. The summed E-state index contributed by atoms with van der Waals surface area (Å²) in [5.41, 5.74) is 0.412. The molecule has 0 aromatic heterocycles. The topological polar surface area (TPSA) is 74.6 Å². The van der Waals surface area contributed by atoms with Gasteiger partial charge >= 0.3 is 11.9 Å². The Morgan fingerprint density at radius 3 is 2.14 bits per heavy atom. The predicted molar refractivity (Wildman–Crippen MR) is 79.5 cm³/mol. The van der Waals surface area contributed by atoms with Crippen LogP contribution in [-0.4, -0.2) is 22.2 Å². The number of rotatable bonds is 5. The molecule has 4 nitrogen and oxygen atoms in total. The predicted octanol–water partition coefficient (Wildman–Crippen LogP) is 3.55. The smallest absolute Gasteiger partial charge is 0.314 e. The highest BCUT2D eigenvalue weighted by Crippen LogP contribution is 2.34. The van der Waals surface area contributed by atoms with Gasteiger partial charge in [0.1, 0.15) is 5.41 Å². The van der Waals surface area contributed by atoms with Crippen LogP contribution in [-0.2, 0) is 15.0 Å². The van der Waals surface area contributed by atoms with E-state index in [1.165, 1.54) is 44.6 Å². The van der Waals surface area contributed by atoms with E-state index < -0.39 is 23.8 Å². The average Bonchev–Trinajstić information content (AvgIpc) is 2.47. The van der Waals surface area contributed by atoms with Gasteiger partial charge in [0.25, 0.3) is 0 Å². The molecule has 1 aliphatic rings. The third kappa shape index (κ3) is 3.43. The van der Waals surface area contributed by atoms with E-state index in [0.717, 1.165) is 0 Å². The van der Waals surface area contributed by atoms with Gasteiger partial charge in [-0.1, -0.05) is 43.5 Å². The lowest BCUT2D eigenvalue weighted by Gasteiger charge is -2.25. The first kappa shape index (κ1) is 15.5. The van der Waals surface area contributed by atoms with Crippen LogP contribution >= 0.6 is 0 Å². The first-order valence-electron chi connectivity index (χ1n) is 7.49. The molecule has 0 saturated heterocycles. The molecule has 1 atom stereocenters. The summed E-state index contributed by atoms with van der Waals surface area (Å²) >= 11 is 0. The second-order valence-corrected chi connectivity index (χ2v) is 6.16. The maximum absolute atomic E-state index is 11.5. The van der Waals surface area contributed by atoms with E-state index in [2.05, 4.69) is 0 Å². The van der Waals surface area contributed by atoms with Crippen LogP contribution in [0.2, 0.25) is 0 Å². The molecule has 0 heterocycles. The SMILES string of the molecule is CC(CC(=O)O)(C(=O)O)c1ccc(C2CCCCC2)cc1. The van der Waals surface area contributed by atoms with Crippen LogP contribution in [0.5, 0.6) is 0 Å². The molecule has 21 heavy (non-hydrogen) atoms. The highest BCUT2D eigenvalue weighted by atomic mass is 16.4. The molecule has 0 aliphatic heterocycles. The zero-order chi connectivity index (χ0) is 15.5. The summed E-state index contributed by atoms with van der Waals surface area (Å²) in [6.07, 6.45) is 5.75. The van der Waals surface area contributed by atoms with Crippen LogP contribution in [0.3, 0.4) is 0 Å². The Bertz CT molecular complexity index is 514. The van der Waals surface area contributed by atoms with Gasteiger partial charge < -0.3 is 10.2 Å². The van der Waals surface area contributed by atoms with Crippen molar-refractivity contribution >= 4 is 11.9 Å². The van der Waals surface area contributed by atoms with Gasteiger partial charge in [0, 0.05) is 0 Å². The van der Waals surface area contributed by atoms with Crippen LogP contribution in [0.4, 0.5) is 0 Å². The number of carbonyl (C=O) groups is 2. The van der Waals surface area contributed by atoms with Crippen LogP contribution in [0, 0.1) is 0 Å². The van der Waals surface area contributed by atoms with Crippen LogP contribution in [0.1, 0.15) is 62.5 Å². The Balaban J connectivity index is 2.23. The van der Waals surface area contributed by atoms with Gasteiger partial charge in [-0.3, -0.25) is 9.59 Å². The van der Waals surface area contributed by atoms with Gasteiger partial charge in [-0.05, 0) is 36.8 Å². The van der Waals surface area contributed by atoms with Crippen LogP contribution in [0.25, 0.3) is 0 Å². The van der Waals surface area contributed by atoms with E-state index in [4.69, 9.17) is 5.11 Å². The molecule has 1 unspecified atom stereocenters. The fraction of sp³-hybridized carbons (Fsp3) is 0.529. The molecule has 1 aliphatic carbocycles. The molecular weight excluding hydrogens is 268 g/mol. The summed E-state index contributed by atoms with van der Waals surface area (Å²) in [5, 5.41) is 18.3. The molecular formula is C17H22O4. The fourth-order valence-electron chi connectivity index (χ4n) is 3.16. The number of hydrogen-bond donors (Lipinski definition) is 2. The van der Waals surface area contributed by atoms with Crippen molar-refractivity contribution in [3.05, 3.63) is 35.4 Å². The summed E-state index contributed by atoms with van der Waals surface area (Å²) in [6.45, 7) is 1.47.